The monoisotopic (exact) mass is 409 g/mol. The molecule has 156 valence electrons. The standard InChI is InChI=1S/C20H31N3O4S/c1-14-6-8-17(9-7-14)28(26,27)23-12-10-16(11-13-23)22-18(24)15(2)21-19(25)20(3,4)5/h6-9,15-16H,10-13H2,1-5H3,(H,21,25)(H,22,24). The van der Waals surface area contributed by atoms with E-state index in [4.69, 9.17) is 0 Å². The maximum atomic E-state index is 12.7. The fraction of sp³-hybridized carbons (Fsp3) is 0.600. The van der Waals surface area contributed by atoms with Crippen LogP contribution in [-0.4, -0.2) is 49.7 Å². The Kier molecular flexibility index (Phi) is 6.88. The van der Waals surface area contributed by atoms with Crippen molar-refractivity contribution < 1.29 is 18.0 Å². The summed E-state index contributed by atoms with van der Waals surface area (Å²) in [5.41, 5.74) is 0.442. The molecule has 2 N–H and O–H groups in total. The van der Waals surface area contributed by atoms with Crippen molar-refractivity contribution in [3.05, 3.63) is 29.8 Å². The molecule has 1 atom stereocenters. The summed E-state index contributed by atoms with van der Waals surface area (Å²) in [5.74, 6) is -0.438. The van der Waals surface area contributed by atoms with Crippen molar-refractivity contribution in [3.8, 4) is 0 Å². The second-order valence-electron chi connectivity index (χ2n) is 8.45. The summed E-state index contributed by atoms with van der Waals surface area (Å²) in [7, 11) is -3.52. The maximum Gasteiger partial charge on any atom is 0.243 e. The molecule has 2 amide bonds. The Labute approximate surface area is 167 Å². The highest BCUT2D eigenvalue weighted by molar-refractivity contribution is 7.89. The number of amides is 2. The fourth-order valence-electron chi connectivity index (χ4n) is 2.90. The minimum Gasteiger partial charge on any atom is -0.351 e. The summed E-state index contributed by atoms with van der Waals surface area (Å²) < 4.78 is 26.9. The van der Waals surface area contributed by atoms with E-state index in [-0.39, 0.29) is 17.9 Å². The van der Waals surface area contributed by atoms with Crippen LogP contribution in [0.15, 0.2) is 29.2 Å². The number of piperidine rings is 1. The average molecular weight is 410 g/mol. The number of nitrogens with one attached hydrogen (secondary N) is 2. The molecule has 0 aliphatic carbocycles. The summed E-state index contributed by atoms with van der Waals surface area (Å²) in [4.78, 5) is 24.7. The first-order valence-corrected chi connectivity index (χ1v) is 11.0. The molecule has 1 unspecified atom stereocenters. The lowest BCUT2D eigenvalue weighted by Crippen LogP contribution is -2.53. The Morgan fingerprint density at radius 1 is 1.11 bits per heavy atom. The molecule has 0 bridgehead atoms. The first-order chi connectivity index (χ1) is 12.9. The minimum atomic E-state index is -3.52. The molecule has 0 aromatic heterocycles. The largest absolute Gasteiger partial charge is 0.351 e. The van der Waals surface area contributed by atoms with E-state index in [1.54, 1.807) is 52.0 Å². The quantitative estimate of drug-likeness (QED) is 0.775. The third kappa shape index (κ3) is 5.54. The number of carbonyl (C=O) groups excluding carboxylic acids is 2. The van der Waals surface area contributed by atoms with Gasteiger partial charge in [-0.1, -0.05) is 38.5 Å². The van der Waals surface area contributed by atoms with Crippen molar-refractivity contribution in [1.82, 2.24) is 14.9 Å². The predicted molar refractivity (Wildman–Crippen MR) is 108 cm³/mol. The van der Waals surface area contributed by atoms with Crippen LogP contribution in [0.4, 0.5) is 0 Å². The first-order valence-electron chi connectivity index (χ1n) is 9.59. The number of nitrogens with zero attached hydrogens (tertiary/aromatic N) is 1. The average Bonchev–Trinajstić information content (AvgIpc) is 2.61. The van der Waals surface area contributed by atoms with E-state index in [2.05, 4.69) is 10.6 Å². The molecule has 1 fully saturated rings. The van der Waals surface area contributed by atoms with Crippen LogP contribution in [0.3, 0.4) is 0 Å². The van der Waals surface area contributed by atoms with Crippen LogP contribution < -0.4 is 10.6 Å². The third-order valence-electron chi connectivity index (χ3n) is 4.88. The van der Waals surface area contributed by atoms with Crippen molar-refractivity contribution in [2.24, 2.45) is 5.41 Å². The Hall–Kier alpha value is -1.93. The van der Waals surface area contributed by atoms with Crippen LogP contribution in [0.1, 0.15) is 46.1 Å². The number of benzene rings is 1. The van der Waals surface area contributed by atoms with Crippen molar-refractivity contribution in [3.63, 3.8) is 0 Å². The number of hydrogen-bond donors (Lipinski definition) is 2. The van der Waals surface area contributed by atoms with Gasteiger partial charge in [-0.15, -0.1) is 0 Å². The van der Waals surface area contributed by atoms with E-state index in [1.807, 2.05) is 6.92 Å². The third-order valence-corrected chi connectivity index (χ3v) is 6.79. The molecule has 0 saturated carbocycles. The van der Waals surface area contributed by atoms with Crippen molar-refractivity contribution in [2.75, 3.05) is 13.1 Å². The molecule has 1 heterocycles. The molecule has 2 rings (SSSR count). The summed E-state index contributed by atoms with van der Waals surface area (Å²) in [6.07, 6.45) is 1.08. The minimum absolute atomic E-state index is 0.106. The van der Waals surface area contributed by atoms with Gasteiger partial charge in [0.2, 0.25) is 21.8 Å². The van der Waals surface area contributed by atoms with E-state index in [0.29, 0.717) is 30.8 Å². The highest BCUT2D eigenvalue weighted by Crippen LogP contribution is 2.21. The molecule has 1 aliphatic heterocycles. The highest BCUT2D eigenvalue weighted by atomic mass is 32.2. The smallest absolute Gasteiger partial charge is 0.243 e. The summed E-state index contributed by atoms with van der Waals surface area (Å²) in [5, 5.41) is 5.63. The van der Waals surface area contributed by atoms with Gasteiger partial charge in [-0.3, -0.25) is 9.59 Å². The van der Waals surface area contributed by atoms with Crippen LogP contribution in [-0.2, 0) is 19.6 Å². The van der Waals surface area contributed by atoms with E-state index < -0.39 is 21.5 Å². The van der Waals surface area contributed by atoms with Crippen LogP contribution >= 0.6 is 0 Å². The van der Waals surface area contributed by atoms with Crippen LogP contribution in [0.5, 0.6) is 0 Å². The first kappa shape index (κ1) is 22.4. The SMILES string of the molecule is Cc1ccc(S(=O)(=O)N2CCC(NC(=O)C(C)NC(=O)C(C)(C)C)CC2)cc1. The number of rotatable bonds is 5. The van der Waals surface area contributed by atoms with Gasteiger partial charge >= 0.3 is 0 Å². The number of hydrogen-bond acceptors (Lipinski definition) is 4. The van der Waals surface area contributed by atoms with Gasteiger partial charge in [-0.2, -0.15) is 4.31 Å². The number of carbonyl (C=O) groups is 2. The van der Waals surface area contributed by atoms with E-state index in [1.165, 1.54) is 4.31 Å². The maximum absolute atomic E-state index is 12.7. The second kappa shape index (κ2) is 8.61. The molecule has 8 heteroatoms. The predicted octanol–water partition coefficient (Wildman–Crippen LogP) is 1.82. The summed E-state index contributed by atoms with van der Waals surface area (Å²) in [6.45, 7) is 9.63. The number of sulfonamides is 1. The van der Waals surface area contributed by atoms with E-state index >= 15 is 0 Å². The highest BCUT2D eigenvalue weighted by Gasteiger charge is 2.31. The fourth-order valence-corrected chi connectivity index (χ4v) is 4.37. The van der Waals surface area contributed by atoms with Gasteiger partial charge in [0.25, 0.3) is 0 Å². The molecule has 0 radical (unpaired) electrons. The normalized spacial score (nSPS) is 17.8. The lowest BCUT2D eigenvalue weighted by molar-refractivity contribution is -0.133. The molecule has 0 spiro atoms. The lowest BCUT2D eigenvalue weighted by atomic mass is 9.95. The number of aryl methyl sites for hydroxylation is 1. The van der Waals surface area contributed by atoms with Gasteiger partial charge in [-0.05, 0) is 38.8 Å². The van der Waals surface area contributed by atoms with E-state index in [0.717, 1.165) is 5.56 Å². The van der Waals surface area contributed by atoms with Gasteiger partial charge in [0.05, 0.1) is 4.90 Å². The van der Waals surface area contributed by atoms with Crippen molar-refractivity contribution in [1.29, 1.82) is 0 Å². The van der Waals surface area contributed by atoms with Gasteiger partial charge in [-0.25, -0.2) is 8.42 Å². The zero-order chi connectivity index (χ0) is 21.1. The topological polar surface area (TPSA) is 95.6 Å². The summed E-state index contributed by atoms with van der Waals surface area (Å²) >= 11 is 0. The van der Waals surface area contributed by atoms with Gasteiger partial charge in [0.15, 0.2) is 0 Å². The molecular weight excluding hydrogens is 378 g/mol. The Bertz CT molecular complexity index is 805. The molecule has 1 aromatic rings. The van der Waals surface area contributed by atoms with E-state index in [9.17, 15) is 18.0 Å². The Balaban J connectivity index is 1.89. The van der Waals surface area contributed by atoms with Gasteiger partial charge in [0.1, 0.15) is 6.04 Å². The summed E-state index contributed by atoms with van der Waals surface area (Å²) in [6, 6.07) is 6.07. The Morgan fingerprint density at radius 2 is 1.64 bits per heavy atom. The van der Waals surface area contributed by atoms with Crippen molar-refractivity contribution >= 4 is 21.8 Å². The Morgan fingerprint density at radius 3 is 2.14 bits per heavy atom. The molecule has 7 nitrogen and oxygen atoms in total. The lowest BCUT2D eigenvalue weighted by Gasteiger charge is -2.32. The van der Waals surface area contributed by atoms with Crippen LogP contribution in [0, 0.1) is 12.3 Å². The van der Waals surface area contributed by atoms with Gasteiger partial charge in [0, 0.05) is 24.5 Å². The van der Waals surface area contributed by atoms with Gasteiger partial charge < -0.3 is 10.6 Å². The molecule has 1 aromatic carbocycles. The van der Waals surface area contributed by atoms with Crippen LogP contribution in [0.2, 0.25) is 0 Å². The van der Waals surface area contributed by atoms with Crippen LogP contribution in [0.25, 0.3) is 0 Å². The molecule has 1 saturated heterocycles. The molecule has 28 heavy (non-hydrogen) atoms. The van der Waals surface area contributed by atoms with Crippen molar-refractivity contribution in [2.45, 2.75) is 64.4 Å². The zero-order valence-corrected chi connectivity index (χ0v) is 18.1. The second-order valence-corrected chi connectivity index (χ2v) is 10.4. The molecular formula is C20H31N3O4S. The zero-order valence-electron chi connectivity index (χ0n) is 17.3. The molecule has 1 aliphatic rings.